The van der Waals surface area contributed by atoms with Crippen molar-refractivity contribution in [2.24, 2.45) is 5.92 Å². The van der Waals surface area contributed by atoms with Crippen molar-refractivity contribution in [2.45, 2.75) is 6.42 Å². The number of carbonyl (C=O) groups excluding carboxylic acids is 2. The van der Waals surface area contributed by atoms with Gasteiger partial charge in [0.05, 0.1) is 13.2 Å². The molecule has 3 nitrogen and oxygen atoms in total. The zero-order valence-electron chi connectivity index (χ0n) is 8.91. The van der Waals surface area contributed by atoms with Crippen molar-refractivity contribution in [3.8, 4) is 0 Å². The summed E-state index contributed by atoms with van der Waals surface area (Å²) in [5.74, 6) is -3.75. The van der Waals surface area contributed by atoms with Crippen molar-refractivity contribution in [1.29, 1.82) is 0 Å². The number of halogens is 2. The van der Waals surface area contributed by atoms with E-state index >= 15 is 0 Å². The lowest BCUT2D eigenvalue weighted by Gasteiger charge is -2.19. The maximum atomic E-state index is 13.0. The number of benzene rings is 1. The summed E-state index contributed by atoms with van der Waals surface area (Å²) in [4.78, 5) is 23.4. The highest BCUT2D eigenvalue weighted by Gasteiger charge is 2.30. The van der Waals surface area contributed by atoms with E-state index in [0.717, 1.165) is 12.1 Å². The molecule has 1 aliphatic rings. The summed E-state index contributed by atoms with van der Waals surface area (Å²) >= 11 is 0. The maximum Gasteiger partial charge on any atom is 0.175 e. The fourth-order valence-corrected chi connectivity index (χ4v) is 1.71. The lowest BCUT2D eigenvalue weighted by Crippen LogP contribution is -2.34. The van der Waals surface area contributed by atoms with Gasteiger partial charge in [-0.05, 0) is 18.2 Å². The van der Waals surface area contributed by atoms with Crippen molar-refractivity contribution < 1.29 is 23.1 Å². The van der Waals surface area contributed by atoms with Crippen molar-refractivity contribution in [2.75, 3.05) is 13.2 Å². The molecule has 0 aliphatic carbocycles. The molecule has 1 unspecified atom stereocenters. The summed E-state index contributed by atoms with van der Waals surface area (Å²) < 4.78 is 30.7. The van der Waals surface area contributed by atoms with Crippen LogP contribution >= 0.6 is 0 Å². The maximum absolute atomic E-state index is 13.0. The van der Waals surface area contributed by atoms with Crippen molar-refractivity contribution >= 4 is 11.6 Å². The first-order valence-electron chi connectivity index (χ1n) is 5.19. The molecule has 1 aromatic carbocycles. The first-order chi connectivity index (χ1) is 8.09. The monoisotopic (exact) mass is 240 g/mol. The third-order valence-electron chi connectivity index (χ3n) is 2.69. The average molecular weight is 240 g/mol. The molecular weight excluding hydrogens is 230 g/mol. The summed E-state index contributed by atoms with van der Waals surface area (Å²) in [6.07, 6.45) is 0.181. The van der Waals surface area contributed by atoms with Gasteiger partial charge in [0, 0.05) is 12.0 Å². The van der Waals surface area contributed by atoms with E-state index in [1.165, 1.54) is 6.07 Å². The van der Waals surface area contributed by atoms with Gasteiger partial charge in [-0.2, -0.15) is 0 Å². The first kappa shape index (κ1) is 11.9. The second-order valence-electron chi connectivity index (χ2n) is 3.84. The minimum absolute atomic E-state index is 0.00671. The number of carbonyl (C=O) groups is 2. The summed E-state index contributed by atoms with van der Waals surface area (Å²) in [5, 5.41) is 0. The van der Waals surface area contributed by atoms with Gasteiger partial charge in [-0.25, -0.2) is 8.78 Å². The first-order valence-corrected chi connectivity index (χ1v) is 5.19. The zero-order valence-corrected chi connectivity index (χ0v) is 8.91. The third kappa shape index (κ3) is 2.39. The summed E-state index contributed by atoms with van der Waals surface area (Å²) in [6, 6.07) is 2.85. The minimum Gasteiger partial charge on any atom is -0.380 e. The molecule has 0 radical (unpaired) electrons. The molecule has 2 rings (SSSR count). The van der Waals surface area contributed by atoms with Crippen LogP contribution in [-0.4, -0.2) is 24.8 Å². The highest BCUT2D eigenvalue weighted by atomic mass is 19.2. The average Bonchev–Trinajstić information content (AvgIpc) is 2.32. The fraction of sp³-hybridized carbons (Fsp3) is 0.333. The van der Waals surface area contributed by atoms with E-state index in [4.69, 9.17) is 4.74 Å². The molecule has 17 heavy (non-hydrogen) atoms. The predicted octanol–water partition coefficient (Wildman–Crippen LogP) is 1.75. The van der Waals surface area contributed by atoms with Crippen LogP contribution in [0, 0.1) is 17.6 Å². The largest absolute Gasteiger partial charge is 0.380 e. The van der Waals surface area contributed by atoms with Crippen LogP contribution in [0.15, 0.2) is 18.2 Å². The van der Waals surface area contributed by atoms with Crippen LogP contribution in [0.25, 0.3) is 0 Å². The molecule has 1 atom stereocenters. The van der Waals surface area contributed by atoms with E-state index in [-0.39, 0.29) is 24.4 Å². The molecule has 5 heteroatoms. The molecule has 0 spiro atoms. The molecule has 0 bridgehead atoms. The van der Waals surface area contributed by atoms with Crippen LogP contribution < -0.4 is 0 Å². The molecule has 1 saturated heterocycles. The Kier molecular flexibility index (Phi) is 3.28. The Bertz CT molecular complexity index is 471. The van der Waals surface area contributed by atoms with Crippen LogP contribution in [0.1, 0.15) is 16.8 Å². The number of rotatable bonds is 2. The van der Waals surface area contributed by atoms with Gasteiger partial charge in [-0.15, -0.1) is 0 Å². The SMILES string of the molecule is O=C1CCOCC1C(=O)c1ccc(F)c(F)c1. The van der Waals surface area contributed by atoms with E-state index in [2.05, 4.69) is 0 Å². The summed E-state index contributed by atoms with van der Waals surface area (Å²) in [7, 11) is 0. The number of hydrogen-bond acceptors (Lipinski definition) is 3. The van der Waals surface area contributed by atoms with Gasteiger partial charge in [-0.1, -0.05) is 0 Å². The standard InChI is InChI=1S/C12H10F2O3/c13-9-2-1-7(5-10(9)14)12(16)8-6-17-4-3-11(8)15/h1-2,5,8H,3-4,6H2. The van der Waals surface area contributed by atoms with E-state index in [1.54, 1.807) is 0 Å². The fourth-order valence-electron chi connectivity index (χ4n) is 1.71. The van der Waals surface area contributed by atoms with Gasteiger partial charge in [0.15, 0.2) is 17.4 Å². The number of ketones is 2. The van der Waals surface area contributed by atoms with E-state index in [0.29, 0.717) is 6.61 Å². The van der Waals surface area contributed by atoms with Gasteiger partial charge in [0.1, 0.15) is 11.7 Å². The summed E-state index contributed by atoms with van der Waals surface area (Å²) in [6.45, 7) is 0.317. The summed E-state index contributed by atoms with van der Waals surface area (Å²) in [5.41, 5.74) is -0.00671. The number of Topliss-reactive ketones (excluding diaryl/α,β-unsaturated/α-hetero) is 2. The van der Waals surface area contributed by atoms with Gasteiger partial charge in [0.25, 0.3) is 0 Å². The molecule has 1 aliphatic heterocycles. The molecule has 90 valence electrons. The van der Waals surface area contributed by atoms with Crippen molar-refractivity contribution in [3.05, 3.63) is 35.4 Å². The Balaban J connectivity index is 2.24. The van der Waals surface area contributed by atoms with Crippen molar-refractivity contribution in [1.82, 2.24) is 0 Å². The molecule has 0 aromatic heterocycles. The van der Waals surface area contributed by atoms with Gasteiger partial charge >= 0.3 is 0 Å². The Labute approximate surface area is 96.4 Å². The van der Waals surface area contributed by atoms with Crippen LogP contribution in [0.2, 0.25) is 0 Å². The molecule has 1 aromatic rings. The van der Waals surface area contributed by atoms with E-state index in [1.807, 2.05) is 0 Å². The van der Waals surface area contributed by atoms with Crippen molar-refractivity contribution in [3.63, 3.8) is 0 Å². The zero-order chi connectivity index (χ0) is 12.4. The van der Waals surface area contributed by atoms with Gasteiger partial charge in [0.2, 0.25) is 0 Å². The lowest BCUT2D eigenvalue weighted by atomic mass is 9.91. The molecular formula is C12H10F2O3. The molecule has 1 fully saturated rings. The number of hydrogen-bond donors (Lipinski definition) is 0. The van der Waals surface area contributed by atoms with E-state index in [9.17, 15) is 18.4 Å². The predicted molar refractivity (Wildman–Crippen MR) is 54.6 cm³/mol. The minimum atomic E-state index is -1.10. The number of ether oxygens (including phenoxy) is 1. The topological polar surface area (TPSA) is 43.4 Å². The Morgan fingerprint density at radius 2 is 2.06 bits per heavy atom. The highest BCUT2D eigenvalue weighted by Crippen LogP contribution is 2.18. The van der Waals surface area contributed by atoms with Gasteiger partial charge in [-0.3, -0.25) is 9.59 Å². The van der Waals surface area contributed by atoms with Crippen LogP contribution in [0.3, 0.4) is 0 Å². The normalized spacial score (nSPS) is 20.4. The molecule has 0 N–H and O–H groups in total. The third-order valence-corrected chi connectivity index (χ3v) is 2.69. The van der Waals surface area contributed by atoms with Crippen LogP contribution in [0.5, 0.6) is 0 Å². The molecule has 1 heterocycles. The Morgan fingerprint density at radius 1 is 1.29 bits per heavy atom. The Morgan fingerprint density at radius 3 is 2.71 bits per heavy atom. The quantitative estimate of drug-likeness (QED) is 0.584. The second kappa shape index (κ2) is 4.71. The molecule has 0 amide bonds. The highest BCUT2D eigenvalue weighted by molar-refractivity contribution is 6.11. The lowest BCUT2D eigenvalue weighted by molar-refractivity contribution is -0.128. The molecule has 0 saturated carbocycles. The van der Waals surface area contributed by atoms with Gasteiger partial charge < -0.3 is 4.74 Å². The van der Waals surface area contributed by atoms with Crippen LogP contribution in [0.4, 0.5) is 8.78 Å². The Hall–Kier alpha value is -1.62. The second-order valence-corrected chi connectivity index (χ2v) is 3.84. The van der Waals surface area contributed by atoms with E-state index < -0.39 is 23.3 Å². The van der Waals surface area contributed by atoms with Crippen LogP contribution in [-0.2, 0) is 9.53 Å². The smallest absolute Gasteiger partial charge is 0.175 e.